The summed E-state index contributed by atoms with van der Waals surface area (Å²) in [4.78, 5) is 44.8. The fourth-order valence-electron chi connectivity index (χ4n) is 7.04. The van der Waals surface area contributed by atoms with Crippen molar-refractivity contribution in [2.45, 2.75) is 90.7 Å². The van der Waals surface area contributed by atoms with Gasteiger partial charge >= 0.3 is 12.1 Å². The van der Waals surface area contributed by atoms with Crippen LogP contribution in [-0.4, -0.2) is 79.5 Å². The number of hydrogen-bond acceptors (Lipinski definition) is 10. The summed E-state index contributed by atoms with van der Waals surface area (Å²) in [7, 11) is 0. The number of aromatic nitrogens is 4. The van der Waals surface area contributed by atoms with Gasteiger partial charge < -0.3 is 28.4 Å². The van der Waals surface area contributed by atoms with Gasteiger partial charge in [-0.15, -0.1) is 0 Å². The molecule has 2 fully saturated rings. The maximum absolute atomic E-state index is 13.8. The quantitative estimate of drug-likeness (QED) is 0.131. The van der Waals surface area contributed by atoms with Crippen LogP contribution < -0.4 is 9.64 Å². The lowest BCUT2D eigenvalue weighted by molar-refractivity contribution is -0.156. The van der Waals surface area contributed by atoms with Gasteiger partial charge in [0.05, 0.1) is 17.6 Å². The molecule has 5 aromatic rings. The van der Waals surface area contributed by atoms with Crippen LogP contribution in [-0.2, 0) is 14.3 Å². The summed E-state index contributed by atoms with van der Waals surface area (Å²) in [5.74, 6) is 0.196. The van der Waals surface area contributed by atoms with E-state index in [1.807, 2.05) is 95.0 Å². The zero-order valence-electron chi connectivity index (χ0n) is 29.5. The molecule has 5 heterocycles. The topological polar surface area (TPSA) is 125 Å². The van der Waals surface area contributed by atoms with Crippen LogP contribution in [0.3, 0.4) is 0 Å². The molecular weight excluding hydrogens is 704 g/mol. The molecule has 0 aliphatic carbocycles. The van der Waals surface area contributed by atoms with E-state index in [1.165, 1.54) is 0 Å². The van der Waals surface area contributed by atoms with Crippen LogP contribution in [0.15, 0.2) is 57.7 Å². The van der Waals surface area contributed by atoms with E-state index in [1.54, 1.807) is 4.90 Å². The molecule has 0 bridgehead atoms. The van der Waals surface area contributed by atoms with Crippen molar-refractivity contribution in [1.82, 2.24) is 24.4 Å². The van der Waals surface area contributed by atoms with Gasteiger partial charge in [-0.25, -0.2) is 19.6 Å². The third kappa shape index (κ3) is 6.71. The number of furan rings is 1. The number of anilines is 1. The third-order valence-electron chi connectivity index (χ3n) is 9.07. The third-order valence-corrected chi connectivity index (χ3v) is 9.42. The van der Waals surface area contributed by atoms with Crippen LogP contribution in [0.5, 0.6) is 6.01 Å². The molecule has 2 aliphatic heterocycles. The van der Waals surface area contributed by atoms with E-state index in [0.29, 0.717) is 65.7 Å². The molecule has 2 saturated heterocycles. The molecule has 0 N–H and O–H groups in total. The molecule has 0 radical (unpaired) electrons. The van der Waals surface area contributed by atoms with Gasteiger partial charge in [-0.2, -0.15) is 4.98 Å². The summed E-state index contributed by atoms with van der Waals surface area (Å²) >= 11 is 3.50. The number of ether oxygens (including phenoxy) is 3. The minimum absolute atomic E-state index is 0.0169. The number of fused-ring (bicyclic) bond motifs is 4. The fraction of sp³-hybridized carbons (Fsp3) is 0.486. The lowest BCUT2D eigenvalue weighted by Crippen LogP contribution is -2.45. The van der Waals surface area contributed by atoms with E-state index in [2.05, 4.69) is 32.4 Å². The van der Waals surface area contributed by atoms with Crippen LogP contribution in [0, 0.1) is 5.92 Å². The summed E-state index contributed by atoms with van der Waals surface area (Å²) in [6, 6.07) is 15.4. The van der Waals surface area contributed by atoms with Gasteiger partial charge in [0.2, 0.25) is 0 Å². The fourth-order valence-corrected chi connectivity index (χ4v) is 7.38. The number of amides is 1. The second-order valence-electron chi connectivity index (χ2n) is 15.3. The molecule has 2 aliphatic rings. The highest BCUT2D eigenvalue weighted by molar-refractivity contribution is 9.10. The summed E-state index contributed by atoms with van der Waals surface area (Å²) in [6.07, 6.45) is 0.305. The summed E-state index contributed by atoms with van der Waals surface area (Å²) in [6.45, 7) is 14.8. The van der Waals surface area contributed by atoms with E-state index in [4.69, 9.17) is 28.6 Å². The van der Waals surface area contributed by atoms with Crippen molar-refractivity contribution in [3.05, 3.63) is 53.3 Å². The van der Waals surface area contributed by atoms with Gasteiger partial charge in [0, 0.05) is 30.9 Å². The maximum atomic E-state index is 13.8. The molecule has 13 heteroatoms. The molecule has 12 nitrogen and oxygen atoms in total. The van der Waals surface area contributed by atoms with Crippen molar-refractivity contribution in [3.63, 3.8) is 0 Å². The average Bonchev–Trinajstić information content (AvgIpc) is 3.73. The standard InChI is InChI=1S/C37H43BrN6O6/c1-21-19-42(35(46)50-37(5,6)7)17-16-25(21)44-26-14-10-9-13-24(26)39-34(44)47-22-18-27(32(45)49-36(2,3)4)43(20-22)31-30-29(40-33(38)41-31)23-12-8-11-15-28(23)48-30/h8-15,21-22,25,27H,16-20H2,1-7H3/t21-,22-,25-,27-/m0/s1. The molecule has 4 atom stereocenters. The monoisotopic (exact) mass is 746 g/mol. The SMILES string of the molecule is C[C@H]1CN(C(=O)OC(C)(C)C)CC[C@@H]1n1c(O[C@H]2C[C@@H](C(=O)OC(C)(C)C)N(c3nc(Br)nc4c3oc3ccccc34)C2)nc2ccccc21. The Hall–Kier alpha value is -4.39. The molecule has 3 aromatic heterocycles. The lowest BCUT2D eigenvalue weighted by atomic mass is 9.93. The maximum Gasteiger partial charge on any atom is 0.410 e. The van der Waals surface area contributed by atoms with Gasteiger partial charge in [-0.05, 0) is 94.1 Å². The van der Waals surface area contributed by atoms with Crippen molar-refractivity contribution in [2.75, 3.05) is 24.5 Å². The van der Waals surface area contributed by atoms with Crippen LogP contribution in [0.1, 0.15) is 67.3 Å². The number of carbonyl (C=O) groups is 2. The number of hydrogen-bond donors (Lipinski definition) is 0. The van der Waals surface area contributed by atoms with E-state index in [9.17, 15) is 9.59 Å². The minimum Gasteiger partial charge on any atom is -0.459 e. The van der Waals surface area contributed by atoms with Crippen LogP contribution >= 0.6 is 15.9 Å². The summed E-state index contributed by atoms with van der Waals surface area (Å²) in [5, 5.41) is 0.855. The lowest BCUT2D eigenvalue weighted by Gasteiger charge is -2.38. The Kier molecular flexibility index (Phi) is 8.68. The van der Waals surface area contributed by atoms with Crippen molar-refractivity contribution in [1.29, 1.82) is 0 Å². The predicted molar refractivity (Wildman–Crippen MR) is 193 cm³/mol. The molecule has 0 spiro atoms. The average molecular weight is 748 g/mol. The second kappa shape index (κ2) is 12.7. The smallest absolute Gasteiger partial charge is 0.410 e. The van der Waals surface area contributed by atoms with Crippen LogP contribution in [0.25, 0.3) is 33.1 Å². The molecule has 7 rings (SSSR count). The van der Waals surface area contributed by atoms with Crippen LogP contribution in [0.4, 0.5) is 10.6 Å². The van der Waals surface area contributed by atoms with Crippen molar-refractivity contribution in [3.8, 4) is 6.01 Å². The van der Waals surface area contributed by atoms with E-state index >= 15 is 0 Å². The highest BCUT2D eigenvalue weighted by atomic mass is 79.9. The zero-order valence-corrected chi connectivity index (χ0v) is 31.1. The Balaban J connectivity index is 1.22. The largest absolute Gasteiger partial charge is 0.459 e. The van der Waals surface area contributed by atoms with Crippen molar-refractivity contribution in [2.24, 2.45) is 5.92 Å². The Morgan fingerprint density at radius 2 is 1.64 bits per heavy atom. The first-order valence-electron chi connectivity index (χ1n) is 17.1. The molecule has 264 valence electrons. The first-order chi connectivity index (χ1) is 23.6. The summed E-state index contributed by atoms with van der Waals surface area (Å²) in [5.41, 5.74) is 2.32. The second-order valence-corrected chi connectivity index (χ2v) is 16.0. The Morgan fingerprint density at radius 3 is 2.38 bits per heavy atom. The van der Waals surface area contributed by atoms with Crippen LogP contribution in [0.2, 0.25) is 0 Å². The normalized spacial score (nSPS) is 21.7. The summed E-state index contributed by atoms with van der Waals surface area (Å²) < 4.78 is 27.3. The zero-order chi connectivity index (χ0) is 35.5. The number of nitrogens with zero attached hydrogens (tertiary/aromatic N) is 6. The van der Waals surface area contributed by atoms with Gasteiger partial charge in [0.25, 0.3) is 6.01 Å². The number of rotatable bonds is 5. The van der Waals surface area contributed by atoms with Gasteiger partial charge in [0.15, 0.2) is 16.1 Å². The molecule has 0 saturated carbocycles. The highest BCUT2D eigenvalue weighted by Crippen LogP contribution is 2.40. The first kappa shape index (κ1) is 34.1. The van der Waals surface area contributed by atoms with E-state index < -0.39 is 23.3 Å². The van der Waals surface area contributed by atoms with E-state index in [-0.39, 0.29) is 24.0 Å². The predicted octanol–water partition coefficient (Wildman–Crippen LogP) is 7.67. The number of esters is 1. The van der Waals surface area contributed by atoms with Gasteiger partial charge in [-0.3, -0.25) is 4.57 Å². The first-order valence-corrected chi connectivity index (χ1v) is 17.9. The van der Waals surface area contributed by atoms with Crippen molar-refractivity contribution >= 4 is 66.9 Å². The number of carbonyl (C=O) groups excluding carboxylic acids is 2. The number of likely N-dealkylation sites (tertiary alicyclic amines) is 1. The highest BCUT2D eigenvalue weighted by Gasteiger charge is 2.44. The van der Waals surface area contributed by atoms with Gasteiger partial charge in [0.1, 0.15) is 34.4 Å². The molecule has 2 aromatic carbocycles. The number of halogens is 1. The minimum atomic E-state index is -0.703. The number of benzene rings is 2. The number of piperidine rings is 1. The molecule has 50 heavy (non-hydrogen) atoms. The van der Waals surface area contributed by atoms with Gasteiger partial charge in [-0.1, -0.05) is 31.2 Å². The van der Waals surface area contributed by atoms with E-state index in [0.717, 1.165) is 16.4 Å². The van der Waals surface area contributed by atoms with Crippen molar-refractivity contribution < 1.29 is 28.2 Å². The number of para-hydroxylation sites is 3. The molecular formula is C37H43BrN6O6. The Bertz CT molecular complexity index is 2080. The molecule has 1 amide bonds. The Morgan fingerprint density at radius 1 is 0.920 bits per heavy atom. The Labute approximate surface area is 299 Å². The molecule has 0 unspecified atom stereocenters. The number of imidazole rings is 1.